The second-order valence-electron chi connectivity index (χ2n) is 8.50. The number of hydrogen-bond donors (Lipinski definition) is 2. The lowest BCUT2D eigenvalue weighted by atomic mass is 10.0. The van der Waals surface area contributed by atoms with Crippen molar-refractivity contribution in [3.05, 3.63) is 29.2 Å². The number of benzene rings is 1. The second kappa shape index (κ2) is 7.06. The number of halogens is 2. The molecule has 1 aliphatic heterocycles. The van der Waals surface area contributed by atoms with Crippen LogP contribution in [0.15, 0.2) is 18.3 Å². The monoisotopic (exact) mass is 430 g/mol. The molecule has 0 spiro atoms. The Balaban J connectivity index is 1.56. The van der Waals surface area contributed by atoms with Gasteiger partial charge in [-0.1, -0.05) is 11.6 Å². The van der Waals surface area contributed by atoms with Crippen molar-refractivity contribution in [1.82, 2.24) is 19.5 Å². The molecule has 1 aliphatic carbocycles. The van der Waals surface area contributed by atoms with E-state index in [0.717, 1.165) is 50.2 Å². The van der Waals surface area contributed by atoms with E-state index in [4.69, 9.17) is 11.6 Å². The van der Waals surface area contributed by atoms with Gasteiger partial charge in [0.2, 0.25) is 11.9 Å². The predicted molar refractivity (Wildman–Crippen MR) is 115 cm³/mol. The first kappa shape index (κ1) is 19.5. The minimum atomic E-state index is -0.809. The van der Waals surface area contributed by atoms with Crippen molar-refractivity contribution in [2.45, 2.75) is 50.8 Å². The van der Waals surface area contributed by atoms with Crippen LogP contribution in [0.4, 0.5) is 16.3 Å². The SMILES string of the molecule is CN1CCCn2c1nc1c(F)cc(-c3nc(N[C@@H]4CCC[C@@]4(C)O)ncc3Cl)cc12. The van der Waals surface area contributed by atoms with Crippen molar-refractivity contribution in [2.24, 2.45) is 0 Å². The number of nitrogens with zero attached hydrogens (tertiary/aromatic N) is 5. The highest BCUT2D eigenvalue weighted by atomic mass is 35.5. The number of imidazole rings is 1. The third-order valence-electron chi connectivity index (χ3n) is 6.25. The lowest BCUT2D eigenvalue weighted by Crippen LogP contribution is -2.39. The van der Waals surface area contributed by atoms with E-state index in [1.165, 1.54) is 12.3 Å². The largest absolute Gasteiger partial charge is 0.388 e. The quantitative estimate of drug-likeness (QED) is 0.657. The van der Waals surface area contributed by atoms with Gasteiger partial charge in [-0.2, -0.15) is 0 Å². The Hall–Kier alpha value is -2.45. The molecule has 1 fully saturated rings. The molecule has 0 saturated heterocycles. The summed E-state index contributed by atoms with van der Waals surface area (Å²) in [5, 5.41) is 14.1. The molecule has 2 N–H and O–H groups in total. The molecule has 0 radical (unpaired) electrons. The zero-order valence-corrected chi connectivity index (χ0v) is 17.7. The fourth-order valence-electron chi connectivity index (χ4n) is 4.56. The molecule has 0 bridgehead atoms. The number of rotatable bonds is 3. The van der Waals surface area contributed by atoms with Crippen LogP contribution in [0, 0.1) is 5.82 Å². The van der Waals surface area contributed by atoms with Gasteiger partial charge in [0, 0.05) is 25.7 Å². The molecule has 2 aromatic heterocycles. The van der Waals surface area contributed by atoms with Crippen molar-refractivity contribution in [1.29, 1.82) is 0 Å². The maximum atomic E-state index is 15.0. The Bertz CT molecular complexity index is 1130. The van der Waals surface area contributed by atoms with Crippen LogP contribution in [-0.4, -0.2) is 49.9 Å². The lowest BCUT2D eigenvalue weighted by molar-refractivity contribution is 0.0576. The van der Waals surface area contributed by atoms with Crippen LogP contribution < -0.4 is 10.2 Å². The van der Waals surface area contributed by atoms with Crippen LogP contribution >= 0.6 is 11.6 Å². The summed E-state index contributed by atoms with van der Waals surface area (Å²) < 4.78 is 17.0. The zero-order valence-electron chi connectivity index (χ0n) is 17.0. The maximum Gasteiger partial charge on any atom is 0.223 e. The topological polar surface area (TPSA) is 79.1 Å². The summed E-state index contributed by atoms with van der Waals surface area (Å²) in [6.07, 6.45) is 4.99. The van der Waals surface area contributed by atoms with Crippen LogP contribution in [-0.2, 0) is 6.54 Å². The maximum absolute atomic E-state index is 15.0. The molecule has 0 unspecified atom stereocenters. The molecule has 3 heterocycles. The number of aliphatic hydroxyl groups is 1. The molecule has 7 nitrogen and oxygen atoms in total. The van der Waals surface area contributed by atoms with E-state index in [1.54, 1.807) is 0 Å². The number of fused-ring (bicyclic) bond motifs is 3. The average Bonchev–Trinajstić information content (AvgIpc) is 3.24. The van der Waals surface area contributed by atoms with Gasteiger partial charge in [-0.15, -0.1) is 0 Å². The van der Waals surface area contributed by atoms with E-state index < -0.39 is 11.4 Å². The minimum absolute atomic E-state index is 0.136. The highest BCUT2D eigenvalue weighted by Gasteiger charge is 2.37. The Labute approximate surface area is 178 Å². The number of aromatic nitrogens is 4. The van der Waals surface area contributed by atoms with Gasteiger partial charge in [-0.05, 0) is 44.7 Å². The number of nitrogens with one attached hydrogen (secondary N) is 1. The summed E-state index contributed by atoms with van der Waals surface area (Å²) >= 11 is 6.39. The Kier molecular flexibility index (Phi) is 4.59. The van der Waals surface area contributed by atoms with E-state index in [0.29, 0.717) is 27.7 Å². The molecule has 3 aromatic rings. The molecule has 30 heavy (non-hydrogen) atoms. The molecule has 2 aliphatic rings. The summed E-state index contributed by atoms with van der Waals surface area (Å²) in [6, 6.07) is 3.17. The van der Waals surface area contributed by atoms with E-state index in [2.05, 4.69) is 20.3 Å². The molecule has 9 heteroatoms. The van der Waals surface area contributed by atoms with Crippen LogP contribution in [0.25, 0.3) is 22.3 Å². The highest BCUT2D eigenvalue weighted by molar-refractivity contribution is 6.33. The minimum Gasteiger partial charge on any atom is -0.388 e. The molecule has 2 atom stereocenters. The molecule has 158 valence electrons. The van der Waals surface area contributed by atoms with Crippen molar-refractivity contribution in [3.8, 4) is 11.3 Å². The van der Waals surface area contributed by atoms with Gasteiger partial charge in [0.25, 0.3) is 0 Å². The van der Waals surface area contributed by atoms with Crippen LogP contribution in [0.3, 0.4) is 0 Å². The number of aryl methyl sites for hydroxylation is 1. The van der Waals surface area contributed by atoms with Gasteiger partial charge in [0.1, 0.15) is 5.52 Å². The van der Waals surface area contributed by atoms with Gasteiger partial charge in [0.15, 0.2) is 5.82 Å². The molecule has 0 amide bonds. The molecule has 1 saturated carbocycles. The second-order valence-corrected chi connectivity index (χ2v) is 8.91. The van der Waals surface area contributed by atoms with E-state index in [-0.39, 0.29) is 6.04 Å². The lowest BCUT2D eigenvalue weighted by Gasteiger charge is -2.26. The summed E-state index contributed by atoms with van der Waals surface area (Å²) in [4.78, 5) is 15.4. The molecule has 1 aromatic carbocycles. The van der Waals surface area contributed by atoms with Crippen LogP contribution in [0.2, 0.25) is 5.02 Å². The van der Waals surface area contributed by atoms with Gasteiger partial charge in [-0.3, -0.25) is 0 Å². The van der Waals surface area contributed by atoms with E-state index >= 15 is 0 Å². The van der Waals surface area contributed by atoms with Crippen molar-refractivity contribution in [3.63, 3.8) is 0 Å². The van der Waals surface area contributed by atoms with E-state index in [1.807, 2.05) is 29.5 Å². The highest BCUT2D eigenvalue weighted by Crippen LogP contribution is 2.35. The average molecular weight is 431 g/mol. The zero-order chi connectivity index (χ0) is 21.0. The summed E-state index contributed by atoms with van der Waals surface area (Å²) in [5.41, 5.74) is 1.30. The summed E-state index contributed by atoms with van der Waals surface area (Å²) in [5.74, 6) is 0.741. The normalized spacial score (nSPS) is 23.8. The molecule has 5 rings (SSSR count). The van der Waals surface area contributed by atoms with Crippen LogP contribution in [0.5, 0.6) is 0 Å². The van der Waals surface area contributed by atoms with Crippen molar-refractivity contribution in [2.75, 3.05) is 23.8 Å². The fourth-order valence-corrected chi connectivity index (χ4v) is 4.76. The molecular formula is C21H24ClFN6O. The Morgan fingerprint density at radius 1 is 1.27 bits per heavy atom. The number of hydrogen-bond acceptors (Lipinski definition) is 6. The molecular weight excluding hydrogens is 407 g/mol. The standard InChI is InChI=1S/C21H24ClFN6O/c1-21(30)6-3-5-16(21)25-19-24-11-13(22)17(26-19)12-9-14(23)18-15(10-12)29-8-4-7-28(2)20(29)27-18/h9-11,16,30H,3-8H2,1-2H3,(H,24,25,26)/t16-,21-/m1/s1. The Morgan fingerprint density at radius 2 is 2.10 bits per heavy atom. The van der Waals surface area contributed by atoms with E-state index in [9.17, 15) is 9.50 Å². The first-order valence-corrected chi connectivity index (χ1v) is 10.6. The third-order valence-corrected chi connectivity index (χ3v) is 6.53. The predicted octanol–water partition coefficient (Wildman–Crippen LogP) is 3.84. The summed E-state index contributed by atoms with van der Waals surface area (Å²) in [7, 11) is 1.97. The van der Waals surface area contributed by atoms with Gasteiger partial charge >= 0.3 is 0 Å². The third kappa shape index (κ3) is 3.18. The number of anilines is 2. The first-order chi connectivity index (χ1) is 14.3. The first-order valence-electron chi connectivity index (χ1n) is 10.3. The van der Waals surface area contributed by atoms with Gasteiger partial charge in [-0.25, -0.2) is 19.3 Å². The van der Waals surface area contributed by atoms with Crippen molar-refractivity contribution < 1.29 is 9.50 Å². The van der Waals surface area contributed by atoms with Crippen LogP contribution in [0.1, 0.15) is 32.6 Å². The Morgan fingerprint density at radius 3 is 2.87 bits per heavy atom. The fraction of sp³-hybridized carbons (Fsp3) is 0.476. The summed E-state index contributed by atoms with van der Waals surface area (Å²) in [6.45, 7) is 3.51. The van der Waals surface area contributed by atoms with Crippen molar-refractivity contribution >= 4 is 34.5 Å². The smallest absolute Gasteiger partial charge is 0.223 e. The van der Waals surface area contributed by atoms with Gasteiger partial charge < -0.3 is 19.9 Å². The van der Waals surface area contributed by atoms with Gasteiger partial charge in [0.05, 0.1) is 34.1 Å².